The monoisotopic (exact) mass is 313 g/mol. The first-order chi connectivity index (χ1) is 10.9. The van der Waals surface area contributed by atoms with Crippen LogP contribution in [-0.4, -0.2) is 36.8 Å². The van der Waals surface area contributed by atoms with Crippen LogP contribution in [0.2, 0.25) is 0 Å². The van der Waals surface area contributed by atoms with E-state index in [1.54, 1.807) is 13.2 Å². The lowest BCUT2D eigenvalue weighted by atomic mass is 9.68. The largest absolute Gasteiger partial charge is 0.496 e. The van der Waals surface area contributed by atoms with Crippen molar-refractivity contribution in [1.29, 1.82) is 0 Å². The zero-order chi connectivity index (χ0) is 16.6. The molecule has 2 aliphatic rings. The van der Waals surface area contributed by atoms with Gasteiger partial charge in [-0.3, -0.25) is 9.59 Å². The topological polar surface area (TPSA) is 46.6 Å². The average Bonchev–Trinajstić information content (AvgIpc) is 2.99. The van der Waals surface area contributed by atoms with Gasteiger partial charge in [0.1, 0.15) is 5.75 Å². The van der Waals surface area contributed by atoms with Crippen LogP contribution in [0.5, 0.6) is 5.75 Å². The molecule has 1 aliphatic heterocycles. The molecular formula is C19H23NO3. The summed E-state index contributed by atoms with van der Waals surface area (Å²) < 4.78 is 5.32. The van der Waals surface area contributed by atoms with Crippen LogP contribution in [0.1, 0.15) is 19.4 Å². The molecule has 122 valence electrons. The summed E-state index contributed by atoms with van der Waals surface area (Å²) in [5.74, 6) is 1.10. The zero-order valence-electron chi connectivity index (χ0n) is 13.9. The number of rotatable bonds is 3. The molecule has 4 nitrogen and oxygen atoms in total. The molecule has 1 saturated heterocycles. The van der Waals surface area contributed by atoms with E-state index in [4.69, 9.17) is 4.74 Å². The van der Waals surface area contributed by atoms with Crippen molar-refractivity contribution in [3.8, 4) is 5.75 Å². The number of likely N-dealkylation sites (tertiary alicyclic amines) is 1. The van der Waals surface area contributed by atoms with Gasteiger partial charge in [-0.2, -0.15) is 0 Å². The molecule has 0 aromatic heterocycles. The molecule has 2 atom stereocenters. The summed E-state index contributed by atoms with van der Waals surface area (Å²) >= 11 is 0. The number of fused-ring (bicyclic) bond motifs is 1. The second-order valence-electron chi connectivity index (χ2n) is 7.06. The molecule has 3 rings (SSSR count). The number of ether oxygens (including phenoxy) is 1. The lowest BCUT2D eigenvalue weighted by Gasteiger charge is -2.34. The Morgan fingerprint density at radius 2 is 2.04 bits per heavy atom. The summed E-state index contributed by atoms with van der Waals surface area (Å²) in [5, 5.41) is 0. The highest BCUT2D eigenvalue weighted by Gasteiger charge is 2.47. The van der Waals surface area contributed by atoms with Gasteiger partial charge in [0, 0.05) is 24.6 Å². The van der Waals surface area contributed by atoms with Crippen LogP contribution >= 0.6 is 0 Å². The minimum absolute atomic E-state index is 0.0436. The van der Waals surface area contributed by atoms with Crippen LogP contribution < -0.4 is 4.74 Å². The Bertz CT molecular complexity index is 662. The molecule has 1 fully saturated rings. The molecule has 4 heteroatoms. The van der Waals surface area contributed by atoms with E-state index in [0.717, 1.165) is 11.3 Å². The third kappa shape index (κ3) is 2.90. The number of amides is 1. The fourth-order valence-corrected chi connectivity index (χ4v) is 3.72. The van der Waals surface area contributed by atoms with Gasteiger partial charge in [0.2, 0.25) is 5.91 Å². The lowest BCUT2D eigenvalue weighted by molar-refractivity contribution is -0.129. The zero-order valence-corrected chi connectivity index (χ0v) is 13.9. The smallest absolute Gasteiger partial charge is 0.227 e. The molecule has 2 unspecified atom stereocenters. The Hall–Kier alpha value is -2.10. The molecule has 1 heterocycles. The minimum atomic E-state index is -0.0587. The second kappa shape index (κ2) is 5.84. The Balaban J connectivity index is 1.74. The van der Waals surface area contributed by atoms with Crippen LogP contribution in [0.4, 0.5) is 0 Å². The number of hydrogen-bond acceptors (Lipinski definition) is 3. The summed E-state index contributed by atoms with van der Waals surface area (Å²) in [7, 11) is 1.61. The van der Waals surface area contributed by atoms with Crippen LogP contribution in [0.25, 0.3) is 0 Å². The molecule has 1 aromatic carbocycles. The van der Waals surface area contributed by atoms with Crippen molar-refractivity contribution in [3.63, 3.8) is 0 Å². The van der Waals surface area contributed by atoms with E-state index in [1.807, 2.05) is 35.2 Å². The minimum Gasteiger partial charge on any atom is -0.496 e. The Labute approximate surface area is 137 Å². The van der Waals surface area contributed by atoms with E-state index in [9.17, 15) is 9.59 Å². The van der Waals surface area contributed by atoms with Gasteiger partial charge in [-0.05, 0) is 23.5 Å². The van der Waals surface area contributed by atoms with Gasteiger partial charge in [-0.15, -0.1) is 0 Å². The number of benzene rings is 1. The normalized spacial score (nSPS) is 25.3. The van der Waals surface area contributed by atoms with Crippen molar-refractivity contribution < 1.29 is 14.3 Å². The molecule has 23 heavy (non-hydrogen) atoms. The van der Waals surface area contributed by atoms with Crippen molar-refractivity contribution in [3.05, 3.63) is 42.0 Å². The highest BCUT2D eigenvalue weighted by molar-refractivity contribution is 5.94. The Kier molecular flexibility index (Phi) is 4.00. The molecule has 0 bridgehead atoms. The third-order valence-electron chi connectivity index (χ3n) is 5.21. The SMILES string of the molecule is COc1ccccc1CC(=O)N1CC2C(=O)C=CC(C)(C)C2C1. The summed E-state index contributed by atoms with van der Waals surface area (Å²) in [5.41, 5.74) is 0.844. The molecular weight excluding hydrogens is 290 g/mol. The van der Waals surface area contributed by atoms with Gasteiger partial charge in [0.15, 0.2) is 5.78 Å². The molecule has 0 spiro atoms. The first kappa shape index (κ1) is 15.8. The molecule has 0 saturated carbocycles. The maximum atomic E-state index is 12.7. The van der Waals surface area contributed by atoms with E-state index in [1.165, 1.54) is 0 Å². The molecule has 0 radical (unpaired) electrons. The molecule has 0 N–H and O–H groups in total. The number of ketones is 1. The van der Waals surface area contributed by atoms with Gasteiger partial charge in [0.25, 0.3) is 0 Å². The number of carbonyl (C=O) groups excluding carboxylic acids is 2. The van der Waals surface area contributed by atoms with Gasteiger partial charge in [-0.1, -0.05) is 38.1 Å². The maximum absolute atomic E-state index is 12.7. The third-order valence-corrected chi connectivity index (χ3v) is 5.21. The number of allylic oxidation sites excluding steroid dienone is 2. The maximum Gasteiger partial charge on any atom is 0.227 e. The van der Waals surface area contributed by atoms with E-state index in [2.05, 4.69) is 13.8 Å². The van der Waals surface area contributed by atoms with Gasteiger partial charge in [-0.25, -0.2) is 0 Å². The van der Waals surface area contributed by atoms with Crippen molar-refractivity contribution in [1.82, 2.24) is 4.90 Å². The van der Waals surface area contributed by atoms with E-state index < -0.39 is 0 Å². The van der Waals surface area contributed by atoms with Crippen LogP contribution in [0.15, 0.2) is 36.4 Å². The summed E-state index contributed by atoms with van der Waals surface area (Å²) in [6, 6.07) is 7.58. The first-order valence-electron chi connectivity index (χ1n) is 8.05. The number of nitrogens with zero attached hydrogens (tertiary/aromatic N) is 1. The highest BCUT2D eigenvalue weighted by Crippen LogP contribution is 2.42. The van der Waals surface area contributed by atoms with Gasteiger partial charge in [0.05, 0.1) is 13.5 Å². The summed E-state index contributed by atoms with van der Waals surface area (Å²) in [6.07, 6.45) is 3.99. The van der Waals surface area contributed by atoms with Crippen molar-refractivity contribution >= 4 is 11.7 Å². The van der Waals surface area contributed by atoms with Crippen molar-refractivity contribution in [2.75, 3.05) is 20.2 Å². The van der Waals surface area contributed by atoms with Crippen LogP contribution in [0.3, 0.4) is 0 Å². The number of carbonyl (C=O) groups is 2. The van der Waals surface area contributed by atoms with E-state index >= 15 is 0 Å². The number of hydrogen-bond donors (Lipinski definition) is 0. The highest BCUT2D eigenvalue weighted by atomic mass is 16.5. The molecule has 1 aromatic rings. The standard InChI is InChI=1S/C19H23NO3/c1-19(2)9-8-16(21)14-11-20(12-15(14)19)18(22)10-13-6-4-5-7-17(13)23-3/h4-9,14-15H,10-12H2,1-3H3. The summed E-state index contributed by atoms with van der Waals surface area (Å²) in [6.45, 7) is 5.47. The van der Waals surface area contributed by atoms with Gasteiger partial charge >= 0.3 is 0 Å². The quantitative estimate of drug-likeness (QED) is 0.861. The first-order valence-corrected chi connectivity index (χ1v) is 8.05. The predicted octanol–water partition coefficient (Wildman–Crippen LogP) is 2.48. The van der Waals surface area contributed by atoms with Crippen LogP contribution in [0, 0.1) is 17.3 Å². The summed E-state index contributed by atoms with van der Waals surface area (Å²) in [4.78, 5) is 26.7. The lowest BCUT2D eigenvalue weighted by Crippen LogP contribution is -2.36. The number of para-hydroxylation sites is 1. The van der Waals surface area contributed by atoms with Crippen molar-refractivity contribution in [2.24, 2.45) is 17.3 Å². The molecule has 1 aliphatic carbocycles. The average molecular weight is 313 g/mol. The number of methoxy groups -OCH3 is 1. The van der Waals surface area contributed by atoms with Crippen LogP contribution in [-0.2, 0) is 16.0 Å². The fraction of sp³-hybridized carbons (Fsp3) is 0.474. The van der Waals surface area contributed by atoms with E-state index in [-0.39, 0.29) is 28.9 Å². The Morgan fingerprint density at radius 3 is 2.74 bits per heavy atom. The Morgan fingerprint density at radius 1 is 1.30 bits per heavy atom. The van der Waals surface area contributed by atoms with Gasteiger partial charge < -0.3 is 9.64 Å². The molecule has 1 amide bonds. The fourth-order valence-electron chi connectivity index (χ4n) is 3.72. The predicted molar refractivity (Wildman–Crippen MR) is 88.2 cm³/mol. The van der Waals surface area contributed by atoms with Crippen molar-refractivity contribution in [2.45, 2.75) is 20.3 Å². The van der Waals surface area contributed by atoms with E-state index in [0.29, 0.717) is 19.5 Å². The second-order valence-corrected chi connectivity index (χ2v) is 7.06.